The average Bonchev–Trinajstić information content (AvgIpc) is 2.80. The number of alkyl halides is 3. The molecule has 2 fully saturated rings. The molecule has 1 aliphatic carbocycles. The molecule has 4 rings (SSSR count). The van der Waals surface area contributed by atoms with Crippen LogP contribution in [0.3, 0.4) is 0 Å². The molecule has 0 amide bonds. The van der Waals surface area contributed by atoms with E-state index in [1.54, 1.807) is 6.07 Å². The second-order valence-corrected chi connectivity index (χ2v) is 9.84. The molecule has 1 saturated heterocycles. The Labute approximate surface area is 215 Å². The number of aromatic nitrogens is 2. The van der Waals surface area contributed by atoms with Crippen LogP contribution in [0, 0.1) is 11.3 Å². The predicted molar refractivity (Wildman–Crippen MR) is 142 cm³/mol. The van der Waals surface area contributed by atoms with Gasteiger partial charge in [0.1, 0.15) is 11.6 Å². The van der Waals surface area contributed by atoms with E-state index in [4.69, 9.17) is 10.4 Å². The third-order valence-electron chi connectivity index (χ3n) is 6.92. The van der Waals surface area contributed by atoms with E-state index in [2.05, 4.69) is 44.2 Å². The molecule has 1 aromatic carbocycles. The van der Waals surface area contributed by atoms with Crippen LogP contribution in [0.1, 0.15) is 30.9 Å². The van der Waals surface area contributed by atoms with Crippen LogP contribution in [0.4, 0.5) is 36.4 Å². The van der Waals surface area contributed by atoms with Crippen molar-refractivity contribution in [3.05, 3.63) is 48.0 Å². The van der Waals surface area contributed by atoms with Gasteiger partial charge in [-0.15, -0.1) is 6.58 Å². The molecular weight excluding hydrogens is 481 g/mol. The average molecular weight is 517 g/mol. The van der Waals surface area contributed by atoms with Gasteiger partial charge in [-0.2, -0.15) is 23.1 Å². The highest BCUT2D eigenvalue weighted by Crippen LogP contribution is 2.35. The van der Waals surface area contributed by atoms with Gasteiger partial charge < -0.3 is 26.3 Å². The number of anilines is 4. The maximum Gasteiger partial charge on any atom is 0.416 e. The normalized spacial score (nSPS) is 19.8. The van der Waals surface area contributed by atoms with E-state index >= 15 is 0 Å². The first-order valence-electron chi connectivity index (χ1n) is 12.6. The zero-order chi connectivity index (χ0) is 26.6. The lowest BCUT2D eigenvalue weighted by molar-refractivity contribution is -0.137. The minimum atomic E-state index is -4.45. The lowest BCUT2D eigenvalue weighted by Crippen LogP contribution is -2.60. The number of benzene rings is 1. The Morgan fingerprint density at radius 1 is 1.24 bits per heavy atom. The molecule has 2 aromatic rings. The summed E-state index contributed by atoms with van der Waals surface area (Å²) < 4.78 is 39.8. The zero-order valence-electron chi connectivity index (χ0n) is 21.3. The fraction of sp³-hybridized carbons (Fsp3) is 0.500. The molecule has 1 aromatic heterocycles. The highest BCUT2D eigenvalue weighted by molar-refractivity contribution is 5.93. The van der Waals surface area contributed by atoms with E-state index in [0.717, 1.165) is 63.9 Å². The predicted octanol–water partition coefficient (Wildman–Crippen LogP) is 4.34. The second-order valence-electron chi connectivity index (χ2n) is 9.84. The van der Waals surface area contributed by atoms with Gasteiger partial charge in [-0.25, -0.2) is 0 Å². The molecule has 200 valence electrons. The Morgan fingerprint density at radius 2 is 2.00 bits per heavy atom. The Hall–Kier alpha value is -3.18. The van der Waals surface area contributed by atoms with Crippen LogP contribution >= 0.6 is 0 Å². The van der Waals surface area contributed by atoms with Crippen LogP contribution < -0.4 is 20.9 Å². The van der Waals surface area contributed by atoms with E-state index < -0.39 is 11.7 Å². The van der Waals surface area contributed by atoms with Gasteiger partial charge in [0.15, 0.2) is 0 Å². The molecule has 0 atom stereocenters. The van der Waals surface area contributed by atoms with Gasteiger partial charge in [0.05, 0.1) is 11.1 Å². The third-order valence-corrected chi connectivity index (χ3v) is 6.92. The van der Waals surface area contributed by atoms with Gasteiger partial charge >= 0.3 is 6.18 Å². The van der Waals surface area contributed by atoms with Crippen molar-refractivity contribution in [2.24, 2.45) is 5.92 Å². The number of nitrogens with zero attached hydrogens (tertiary/aromatic N) is 4. The molecule has 11 heteroatoms. The summed E-state index contributed by atoms with van der Waals surface area (Å²) in [4.78, 5) is 13.8. The quantitative estimate of drug-likeness (QED) is 0.246. The summed E-state index contributed by atoms with van der Waals surface area (Å²) in [5.74, 6) is 1.94. The lowest BCUT2D eigenvalue weighted by Gasteiger charge is -2.46. The number of nitrogens with one attached hydrogen (secondary N) is 4. The van der Waals surface area contributed by atoms with Crippen LogP contribution in [-0.2, 0) is 6.18 Å². The minimum Gasteiger partial charge on any atom is -0.353 e. The first kappa shape index (κ1) is 26.9. The van der Waals surface area contributed by atoms with Crippen LogP contribution in [0.25, 0.3) is 0 Å². The SMILES string of the molecule is C=CCN(CCNC)C1CN(c2nc(NC3CC(C)C3)nc(Nc3cccc(C(F)(F)F)c3)c2C=N)C1. The number of rotatable bonds is 12. The summed E-state index contributed by atoms with van der Waals surface area (Å²) in [5.41, 5.74) is -0.0650. The van der Waals surface area contributed by atoms with Crippen molar-refractivity contribution in [2.45, 2.75) is 38.0 Å². The van der Waals surface area contributed by atoms with Crippen molar-refractivity contribution in [1.29, 1.82) is 5.41 Å². The fourth-order valence-electron chi connectivity index (χ4n) is 4.81. The standard InChI is InChI=1S/C26H35F3N8/c1-4-9-36(10-8-31-3)21-15-37(16-21)24-22(14-30)23(34-25(35-24)33-20-11-17(2)12-20)32-19-7-5-6-18(13-19)26(27,28)29/h4-7,13-14,17,20-21,30-31H,1,8-12,15-16H2,2-3H3,(H2,32,33,34,35). The fourth-order valence-corrected chi connectivity index (χ4v) is 4.81. The molecule has 37 heavy (non-hydrogen) atoms. The molecule has 0 unspecified atom stereocenters. The van der Waals surface area contributed by atoms with Gasteiger partial charge in [-0.3, -0.25) is 4.90 Å². The van der Waals surface area contributed by atoms with Crippen LogP contribution in [-0.4, -0.2) is 72.9 Å². The molecular formula is C26H35F3N8. The van der Waals surface area contributed by atoms with Crippen LogP contribution in [0.2, 0.25) is 0 Å². The molecule has 1 saturated carbocycles. The maximum atomic E-state index is 13.3. The smallest absolute Gasteiger partial charge is 0.353 e. The Kier molecular flexibility index (Phi) is 8.33. The minimum absolute atomic E-state index is 0.247. The van der Waals surface area contributed by atoms with Gasteiger partial charge in [-0.1, -0.05) is 19.1 Å². The zero-order valence-corrected chi connectivity index (χ0v) is 21.3. The Morgan fingerprint density at radius 3 is 2.62 bits per heavy atom. The molecule has 0 radical (unpaired) electrons. The van der Waals surface area contributed by atoms with E-state index in [1.165, 1.54) is 6.07 Å². The largest absolute Gasteiger partial charge is 0.416 e. The monoisotopic (exact) mass is 516 g/mol. The maximum absolute atomic E-state index is 13.3. The molecule has 4 N–H and O–H groups in total. The van der Waals surface area contributed by atoms with Crippen LogP contribution in [0.5, 0.6) is 0 Å². The number of likely N-dealkylation sites (N-methyl/N-ethyl adjacent to an activating group) is 1. The van der Waals surface area contributed by atoms with Crippen molar-refractivity contribution < 1.29 is 13.2 Å². The highest BCUT2D eigenvalue weighted by Gasteiger charge is 2.35. The number of halogens is 3. The Balaban J connectivity index is 1.61. The second kappa shape index (κ2) is 11.5. The molecule has 0 bridgehead atoms. The van der Waals surface area contributed by atoms with Crippen molar-refractivity contribution in [1.82, 2.24) is 20.2 Å². The molecule has 8 nitrogen and oxygen atoms in total. The van der Waals surface area contributed by atoms with E-state index in [0.29, 0.717) is 35.1 Å². The van der Waals surface area contributed by atoms with E-state index in [1.807, 2.05) is 13.1 Å². The summed E-state index contributed by atoms with van der Waals surface area (Å²) in [6.45, 7) is 10.0. The van der Waals surface area contributed by atoms with Gasteiger partial charge in [-0.05, 0) is 44.0 Å². The van der Waals surface area contributed by atoms with E-state index in [-0.39, 0.29) is 11.7 Å². The van der Waals surface area contributed by atoms with Crippen molar-refractivity contribution in [3.8, 4) is 0 Å². The van der Waals surface area contributed by atoms with Gasteiger partial charge in [0.2, 0.25) is 5.95 Å². The summed E-state index contributed by atoms with van der Waals surface area (Å²) in [7, 11) is 1.92. The van der Waals surface area contributed by atoms with E-state index in [9.17, 15) is 13.2 Å². The lowest BCUT2D eigenvalue weighted by atomic mass is 9.82. The summed E-state index contributed by atoms with van der Waals surface area (Å²) in [5, 5.41) is 17.7. The molecule has 2 aliphatic rings. The van der Waals surface area contributed by atoms with Gasteiger partial charge in [0.25, 0.3) is 0 Å². The van der Waals surface area contributed by atoms with Gasteiger partial charge in [0, 0.05) is 56.7 Å². The summed E-state index contributed by atoms with van der Waals surface area (Å²) >= 11 is 0. The highest BCUT2D eigenvalue weighted by atomic mass is 19.4. The first-order chi connectivity index (χ1) is 17.7. The van der Waals surface area contributed by atoms with Crippen LogP contribution in [0.15, 0.2) is 36.9 Å². The molecule has 0 spiro atoms. The first-order valence-corrected chi connectivity index (χ1v) is 12.6. The third kappa shape index (κ3) is 6.40. The summed E-state index contributed by atoms with van der Waals surface area (Å²) in [6, 6.07) is 5.55. The summed E-state index contributed by atoms with van der Waals surface area (Å²) in [6.07, 6.45) is 0.620. The number of hydrogen-bond donors (Lipinski definition) is 4. The Bertz CT molecular complexity index is 1090. The molecule has 1 aliphatic heterocycles. The molecule has 2 heterocycles. The topological polar surface area (TPSA) is 92.2 Å². The van der Waals surface area contributed by atoms with Crippen molar-refractivity contribution in [2.75, 3.05) is 55.3 Å². The number of hydrogen-bond acceptors (Lipinski definition) is 8. The van der Waals surface area contributed by atoms with Crippen molar-refractivity contribution in [3.63, 3.8) is 0 Å². The van der Waals surface area contributed by atoms with Crippen molar-refractivity contribution >= 4 is 29.5 Å².